The van der Waals surface area contributed by atoms with Crippen molar-refractivity contribution in [3.63, 3.8) is 0 Å². The quantitative estimate of drug-likeness (QED) is 0.307. The van der Waals surface area contributed by atoms with E-state index < -0.39 is 33.3 Å². The Morgan fingerprint density at radius 3 is 2.36 bits per heavy atom. The lowest BCUT2D eigenvalue weighted by Gasteiger charge is -2.36. The van der Waals surface area contributed by atoms with E-state index in [1.165, 1.54) is 28.8 Å². The second-order valence-electron chi connectivity index (χ2n) is 9.03. The molecule has 1 saturated heterocycles. The number of nitrogens with zero attached hydrogens (tertiary/aromatic N) is 3. The number of carbonyl (C=O) groups is 3. The molecule has 36 heavy (non-hydrogen) atoms. The third-order valence-electron chi connectivity index (χ3n) is 6.38. The molecule has 0 spiro atoms. The van der Waals surface area contributed by atoms with E-state index in [9.17, 15) is 29.3 Å². The van der Waals surface area contributed by atoms with Crippen molar-refractivity contribution in [3.8, 4) is 0 Å². The second kappa shape index (κ2) is 8.71. The Morgan fingerprint density at radius 2 is 1.72 bits per heavy atom. The second-order valence-corrected chi connectivity index (χ2v) is 11.1. The van der Waals surface area contributed by atoms with Crippen molar-refractivity contribution in [2.24, 2.45) is 5.92 Å². The Labute approximate surface area is 213 Å². The van der Waals surface area contributed by atoms with Crippen LogP contribution in [0.5, 0.6) is 0 Å². The van der Waals surface area contributed by atoms with E-state index in [1.54, 1.807) is 24.3 Å². The van der Waals surface area contributed by atoms with Crippen LogP contribution in [0.3, 0.4) is 0 Å². The summed E-state index contributed by atoms with van der Waals surface area (Å²) in [5.41, 5.74) is -0.143. The summed E-state index contributed by atoms with van der Waals surface area (Å²) >= 11 is 2.09. The minimum atomic E-state index is -0.849. The zero-order valence-electron chi connectivity index (χ0n) is 19.2. The first-order valence-corrected chi connectivity index (χ1v) is 12.7. The molecule has 0 radical (unpaired) electrons. The number of para-hydroxylation sites is 1. The molecule has 5 rings (SSSR count). The summed E-state index contributed by atoms with van der Waals surface area (Å²) in [4.78, 5) is 64.3. The third kappa shape index (κ3) is 3.82. The van der Waals surface area contributed by atoms with Gasteiger partial charge < -0.3 is 5.32 Å². The van der Waals surface area contributed by atoms with E-state index in [0.717, 1.165) is 28.0 Å². The Bertz CT molecular complexity index is 1460. The number of aromatic nitrogens is 1. The van der Waals surface area contributed by atoms with E-state index in [-0.39, 0.29) is 28.7 Å². The van der Waals surface area contributed by atoms with Crippen molar-refractivity contribution >= 4 is 57.9 Å². The first-order valence-electron chi connectivity index (χ1n) is 11.0. The average Bonchev–Trinajstić information content (AvgIpc) is 3.29. The summed E-state index contributed by atoms with van der Waals surface area (Å²) in [6, 6.07) is 14.1. The molecule has 10 nitrogen and oxygen atoms in total. The van der Waals surface area contributed by atoms with Gasteiger partial charge in [0.05, 0.1) is 21.6 Å². The van der Waals surface area contributed by atoms with Gasteiger partial charge in [-0.1, -0.05) is 55.1 Å². The van der Waals surface area contributed by atoms with Gasteiger partial charge in [0, 0.05) is 28.1 Å². The maximum Gasteiger partial charge on any atom is 0.308 e. The lowest BCUT2D eigenvalue weighted by molar-refractivity contribution is -0.384. The normalized spacial score (nSPS) is 20.1. The van der Waals surface area contributed by atoms with Crippen LogP contribution >= 0.6 is 23.1 Å². The SMILES string of the molecule is CC1(C)c2sc(=O)n(CC(=O)Nc3ccccc3)c2SC2C(=O)N(c3ccc([N+](=O)[O-])cc3)C(=O)C21. The van der Waals surface area contributed by atoms with Gasteiger partial charge in [-0.2, -0.15) is 0 Å². The number of carbonyl (C=O) groups excluding carboxylic acids is 3. The number of nitrogens with one attached hydrogen (secondary N) is 1. The highest BCUT2D eigenvalue weighted by Gasteiger charge is 2.59. The number of benzene rings is 2. The summed E-state index contributed by atoms with van der Waals surface area (Å²) in [7, 11) is 0. The first kappa shape index (κ1) is 23.9. The standard InChI is InChI=1S/C24H20N4O6S2/c1-24(2)17-18(21(31)27(20(17)30)14-8-10-15(11-9-14)28(33)34)35-22-19(24)36-23(32)26(22)12-16(29)25-13-6-4-3-5-7-13/h3-11,17-18H,12H2,1-2H3,(H,25,29). The van der Waals surface area contributed by atoms with Gasteiger partial charge in [0.2, 0.25) is 17.7 Å². The van der Waals surface area contributed by atoms with Crippen molar-refractivity contribution in [1.82, 2.24) is 4.57 Å². The van der Waals surface area contributed by atoms with Crippen LogP contribution in [0.15, 0.2) is 64.4 Å². The monoisotopic (exact) mass is 524 g/mol. The minimum absolute atomic E-state index is 0.148. The van der Waals surface area contributed by atoms with Gasteiger partial charge in [0.1, 0.15) is 11.8 Å². The maximum atomic E-state index is 13.5. The van der Waals surface area contributed by atoms with Crippen LogP contribution in [0, 0.1) is 16.0 Å². The molecule has 0 bridgehead atoms. The highest BCUT2D eigenvalue weighted by molar-refractivity contribution is 8.00. The fraction of sp³-hybridized carbons (Fsp3) is 0.250. The summed E-state index contributed by atoms with van der Waals surface area (Å²) in [5, 5.41) is 13.5. The van der Waals surface area contributed by atoms with Crippen LogP contribution < -0.4 is 15.1 Å². The molecule has 3 heterocycles. The molecule has 2 aliphatic heterocycles. The molecule has 2 unspecified atom stereocenters. The molecular formula is C24H20N4O6S2. The summed E-state index contributed by atoms with van der Waals surface area (Å²) < 4.78 is 1.35. The lowest BCUT2D eigenvalue weighted by atomic mass is 9.76. The number of nitro benzene ring substituents is 1. The van der Waals surface area contributed by atoms with Crippen molar-refractivity contribution in [2.75, 3.05) is 10.2 Å². The van der Waals surface area contributed by atoms with Crippen LogP contribution in [0.25, 0.3) is 0 Å². The van der Waals surface area contributed by atoms with Crippen molar-refractivity contribution in [2.45, 2.75) is 36.1 Å². The molecule has 3 amide bonds. The Hall–Kier alpha value is -3.77. The average molecular weight is 525 g/mol. The summed E-state index contributed by atoms with van der Waals surface area (Å²) in [6.45, 7) is 3.41. The van der Waals surface area contributed by atoms with E-state index in [0.29, 0.717) is 15.6 Å². The molecule has 1 fully saturated rings. The number of hydrogen-bond donors (Lipinski definition) is 1. The van der Waals surface area contributed by atoms with E-state index in [1.807, 2.05) is 19.9 Å². The van der Waals surface area contributed by atoms with Crippen LogP contribution in [0.2, 0.25) is 0 Å². The Morgan fingerprint density at radius 1 is 1.06 bits per heavy atom. The number of thioether (sulfide) groups is 1. The molecule has 12 heteroatoms. The molecule has 2 atom stereocenters. The predicted octanol–water partition coefficient (Wildman–Crippen LogP) is 3.40. The van der Waals surface area contributed by atoms with Crippen molar-refractivity contribution in [1.29, 1.82) is 0 Å². The largest absolute Gasteiger partial charge is 0.325 e. The molecule has 3 aromatic rings. The van der Waals surface area contributed by atoms with Crippen molar-refractivity contribution < 1.29 is 19.3 Å². The van der Waals surface area contributed by atoms with Crippen molar-refractivity contribution in [3.05, 3.63) is 79.3 Å². The number of hydrogen-bond acceptors (Lipinski definition) is 8. The topological polar surface area (TPSA) is 132 Å². The van der Waals surface area contributed by atoms with Gasteiger partial charge in [0.15, 0.2) is 0 Å². The van der Waals surface area contributed by atoms with E-state index in [2.05, 4.69) is 5.32 Å². The molecule has 1 N–H and O–H groups in total. The zero-order valence-corrected chi connectivity index (χ0v) is 20.8. The molecule has 1 aromatic heterocycles. The fourth-order valence-corrected chi connectivity index (χ4v) is 7.65. The van der Waals surface area contributed by atoms with Gasteiger partial charge in [-0.15, -0.1) is 0 Å². The van der Waals surface area contributed by atoms with Gasteiger partial charge >= 0.3 is 4.87 Å². The molecule has 0 saturated carbocycles. The van der Waals surface area contributed by atoms with Crippen LogP contribution in [0.4, 0.5) is 17.1 Å². The number of rotatable bonds is 5. The molecule has 2 aromatic carbocycles. The summed E-state index contributed by atoms with van der Waals surface area (Å²) in [5.74, 6) is -1.99. The number of non-ortho nitro benzene ring substituents is 1. The lowest BCUT2D eigenvalue weighted by Crippen LogP contribution is -2.41. The Kier molecular flexibility index (Phi) is 5.80. The highest BCUT2D eigenvalue weighted by Crippen LogP contribution is 2.54. The van der Waals surface area contributed by atoms with Gasteiger partial charge in [-0.3, -0.25) is 33.9 Å². The summed E-state index contributed by atoms with van der Waals surface area (Å²) in [6.07, 6.45) is 0. The smallest absolute Gasteiger partial charge is 0.308 e. The molecule has 184 valence electrons. The van der Waals surface area contributed by atoms with Crippen LogP contribution in [-0.2, 0) is 26.3 Å². The third-order valence-corrected chi connectivity index (χ3v) is 9.20. The number of nitro groups is 1. The number of fused-ring (bicyclic) bond motifs is 2. The zero-order chi connectivity index (χ0) is 25.8. The minimum Gasteiger partial charge on any atom is -0.325 e. The van der Waals surface area contributed by atoms with Gasteiger partial charge in [-0.25, -0.2) is 4.90 Å². The number of amides is 3. The Balaban J connectivity index is 1.46. The fourth-order valence-electron chi connectivity index (χ4n) is 4.61. The van der Waals surface area contributed by atoms with Gasteiger partial charge in [-0.05, 0) is 24.3 Å². The number of thiazole rings is 1. The van der Waals surface area contributed by atoms with Crippen LogP contribution in [-0.4, -0.2) is 32.5 Å². The first-order chi connectivity index (χ1) is 17.1. The molecule has 2 aliphatic rings. The number of imide groups is 1. The molecule has 0 aliphatic carbocycles. The van der Waals surface area contributed by atoms with Crippen LogP contribution in [0.1, 0.15) is 18.7 Å². The van der Waals surface area contributed by atoms with E-state index >= 15 is 0 Å². The predicted molar refractivity (Wildman–Crippen MR) is 135 cm³/mol. The number of anilines is 2. The highest BCUT2D eigenvalue weighted by atomic mass is 32.2. The molecular weight excluding hydrogens is 504 g/mol. The van der Waals surface area contributed by atoms with Gasteiger partial charge in [0.25, 0.3) is 5.69 Å². The van der Waals surface area contributed by atoms with E-state index in [4.69, 9.17) is 0 Å². The maximum absolute atomic E-state index is 13.5.